The number of hydrogen-bond donors (Lipinski definition) is 1. The first-order valence-corrected chi connectivity index (χ1v) is 4.73. The van der Waals surface area contributed by atoms with Gasteiger partial charge in [-0.05, 0) is 5.56 Å². The molecule has 2 N–H and O–H groups in total. The molecule has 0 saturated heterocycles. The number of hydrogen-bond acceptors (Lipinski definition) is 2. The first kappa shape index (κ1) is 7.76. The van der Waals surface area contributed by atoms with E-state index in [9.17, 15) is 0 Å². The van der Waals surface area contributed by atoms with Crippen LogP contribution in [0.3, 0.4) is 0 Å². The minimum absolute atomic E-state index is 0.557. The Hall–Kier alpha value is -1.61. The van der Waals surface area contributed by atoms with Crippen molar-refractivity contribution in [2.45, 2.75) is 13.1 Å². The second-order valence-corrected chi connectivity index (χ2v) is 3.52. The van der Waals surface area contributed by atoms with Gasteiger partial charge in [0, 0.05) is 12.1 Å². The van der Waals surface area contributed by atoms with Crippen LogP contribution >= 0.6 is 0 Å². The van der Waals surface area contributed by atoms with E-state index >= 15 is 0 Å². The van der Waals surface area contributed by atoms with Gasteiger partial charge in [0.1, 0.15) is 5.82 Å². The van der Waals surface area contributed by atoms with Crippen LogP contribution in [0, 0.1) is 0 Å². The fourth-order valence-corrected chi connectivity index (χ4v) is 2.01. The van der Waals surface area contributed by atoms with Crippen molar-refractivity contribution in [1.29, 1.82) is 0 Å². The van der Waals surface area contributed by atoms with Crippen molar-refractivity contribution < 1.29 is 0 Å². The summed E-state index contributed by atoms with van der Waals surface area (Å²) in [6, 6.07) is 8.37. The summed E-state index contributed by atoms with van der Waals surface area (Å²) < 4.78 is 2.19. The van der Waals surface area contributed by atoms with Crippen molar-refractivity contribution in [2.75, 3.05) is 0 Å². The molecule has 1 aliphatic heterocycles. The lowest BCUT2D eigenvalue weighted by Gasteiger charge is -2.00. The third-order valence-corrected chi connectivity index (χ3v) is 2.73. The van der Waals surface area contributed by atoms with Crippen LogP contribution in [0.25, 0.3) is 11.4 Å². The molecule has 3 rings (SSSR count). The van der Waals surface area contributed by atoms with Gasteiger partial charge < -0.3 is 10.3 Å². The summed E-state index contributed by atoms with van der Waals surface area (Å²) in [7, 11) is 0. The van der Waals surface area contributed by atoms with Crippen LogP contribution in [0.2, 0.25) is 0 Å². The second-order valence-electron chi connectivity index (χ2n) is 3.52. The van der Waals surface area contributed by atoms with Crippen molar-refractivity contribution in [2.24, 2.45) is 5.73 Å². The zero-order chi connectivity index (χ0) is 9.54. The quantitative estimate of drug-likeness (QED) is 0.622. The zero-order valence-electron chi connectivity index (χ0n) is 7.77. The minimum atomic E-state index is 0.557. The third kappa shape index (κ3) is 0.873. The first-order chi connectivity index (χ1) is 6.90. The molecule has 3 heteroatoms. The van der Waals surface area contributed by atoms with Crippen LogP contribution in [-0.4, -0.2) is 9.55 Å². The Morgan fingerprint density at radius 2 is 2.21 bits per heavy atom. The molecule has 1 aromatic carbocycles. The molecule has 0 fully saturated rings. The van der Waals surface area contributed by atoms with E-state index in [-0.39, 0.29) is 0 Å². The Morgan fingerprint density at radius 3 is 3.07 bits per heavy atom. The monoisotopic (exact) mass is 185 g/mol. The molecule has 0 saturated carbocycles. The number of fused-ring (bicyclic) bond motifs is 3. The maximum atomic E-state index is 5.64. The molecule has 0 spiro atoms. The van der Waals surface area contributed by atoms with E-state index < -0.39 is 0 Å². The molecule has 1 aliphatic rings. The molecule has 70 valence electrons. The largest absolute Gasteiger partial charge is 0.325 e. The fourth-order valence-electron chi connectivity index (χ4n) is 2.01. The van der Waals surface area contributed by atoms with Crippen LogP contribution in [0.4, 0.5) is 0 Å². The summed E-state index contributed by atoms with van der Waals surface area (Å²) >= 11 is 0. The highest BCUT2D eigenvalue weighted by atomic mass is 15.1. The third-order valence-electron chi connectivity index (χ3n) is 2.73. The number of rotatable bonds is 1. The van der Waals surface area contributed by atoms with Crippen LogP contribution in [0.1, 0.15) is 11.3 Å². The van der Waals surface area contributed by atoms with Crippen molar-refractivity contribution in [1.82, 2.24) is 9.55 Å². The van der Waals surface area contributed by atoms with Gasteiger partial charge in [0.25, 0.3) is 0 Å². The summed E-state index contributed by atoms with van der Waals surface area (Å²) in [6.45, 7) is 1.47. The molecule has 1 aromatic heterocycles. The molecule has 2 heterocycles. The molecule has 0 atom stereocenters. The Kier molecular flexibility index (Phi) is 1.49. The second kappa shape index (κ2) is 2.69. The van der Waals surface area contributed by atoms with Gasteiger partial charge in [0.15, 0.2) is 0 Å². The lowest BCUT2D eigenvalue weighted by molar-refractivity contribution is 0.776. The molecular formula is C11H11N3. The first-order valence-electron chi connectivity index (χ1n) is 4.73. The van der Waals surface area contributed by atoms with Gasteiger partial charge in [0.2, 0.25) is 0 Å². The van der Waals surface area contributed by atoms with E-state index in [0.717, 1.165) is 18.1 Å². The smallest absolute Gasteiger partial charge is 0.140 e. The number of nitrogens with zero attached hydrogens (tertiary/aromatic N) is 2. The number of aromatic nitrogens is 2. The molecule has 0 unspecified atom stereocenters. The predicted molar refractivity (Wildman–Crippen MR) is 54.7 cm³/mol. The number of imidazole rings is 1. The average Bonchev–Trinajstić information content (AvgIpc) is 2.75. The van der Waals surface area contributed by atoms with E-state index in [1.165, 1.54) is 11.1 Å². The highest BCUT2D eigenvalue weighted by Gasteiger charge is 2.20. The molecule has 0 bridgehead atoms. The Bertz CT molecular complexity index is 485. The van der Waals surface area contributed by atoms with Gasteiger partial charge in [-0.3, -0.25) is 0 Å². The van der Waals surface area contributed by atoms with E-state index in [1.54, 1.807) is 0 Å². The van der Waals surface area contributed by atoms with Gasteiger partial charge in [-0.25, -0.2) is 4.98 Å². The molecule has 3 nitrogen and oxygen atoms in total. The highest BCUT2D eigenvalue weighted by molar-refractivity contribution is 5.65. The molecule has 0 amide bonds. The maximum Gasteiger partial charge on any atom is 0.140 e. The topological polar surface area (TPSA) is 43.8 Å². The van der Waals surface area contributed by atoms with E-state index in [1.807, 2.05) is 12.3 Å². The Balaban J connectivity index is 2.23. The molecule has 0 radical (unpaired) electrons. The predicted octanol–water partition coefficient (Wildman–Crippen LogP) is 1.37. The lowest BCUT2D eigenvalue weighted by Crippen LogP contribution is -2.05. The SMILES string of the molecule is NCc1cnc2n1Cc1ccccc1-2. The maximum absolute atomic E-state index is 5.64. The molecule has 0 aliphatic carbocycles. The fraction of sp³-hybridized carbons (Fsp3) is 0.182. The summed E-state index contributed by atoms with van der Waals surface area (Å²) in [5.74, 6) is 1.06. The molecular weight excluding hydrogens is 174 g/mol. The summed E-state index contributed by atoms with van der Waals surface area (Å²) in [4.78, 5) is 4.39. The normalized spacial score (nSPS) is 12.6. The highest BCUT2D eigenvalue weighted by Crippen LogP contribution is 2.31. The summed E-state index contributed by atoms with van der Waals surface area (Å²) in [6.07, 6.45) is 1.87. The standard InChI is InChI=1S/C11H11N3/c12-5-9-6-13-11-10-4-2-1-3-8(10)7-14(9)11/h1-4,6H,5,7,12H2. The zero-order valence-corrected chi connectivity index (χ0v) is 7.77. The van der Waals surface area contributed by atoms with Crippen LogP contribution in [0.15, 0.2) is 30.5 Å². The van der Waals surface area contributed by atoms with Crippen molar-refractivity contribution in [3.63, 3.8) is 0 Å². The minimum Gasteiger partial charge on any atom is -0.325 e. The molecule has 14 heavy (non-hydrogen) atoms. The van der Waals surface area contributed by atoms with Gasteiger partial charge in [0.05, 0.1) is 18.4 Å². The average molecular weight is 185 g/mol. The van der Waals surface area contributed by atoms with Gasteiger partial charge in [-0.2, -0.15) is 0 Å². The van der Waals surface area contributed by atoms with Crippen molar-refractivity contribution >= 4 is 0 Å². The van der Waals surface area contributed by atoms with Crippen LogP contribution < -0.4 is 5.73 Å². The Labute approximate surface area is 82.2 Å². The number of benzene rings is 1. The van der Waals surface area contributed by atoms with Gasteiger partial charge in [-0.15, -0.1) is 0 Å². The van der Waals surface area contributed by atoms with Crippen molar-refractivity contribution in [3.05, 3.63) is 41.7 Å². The van der Waals surface area contributed by atoms with E-state index in [0.29, 0.717) is 6.54 Å². The Morgan fingerprint density at radius 1 is 1.36 bits per heavy atom. The van der Waals surface area contributed by atoms with E-state index in [2.05, 4.69) is 27.8 Å². The summed E-state index contributed by atoms with van der Waals surface area (Å²) in [5, 5.41) is 0. The lowest BCUT2D eigenvalue weighted by atomic mass is 10.1. The van der Waals surface area contributed by atoms with Crippen LogP contribution in [0.5, 0.6) is 0 Å². The van der Waals surface area contributed by atoms with Gasteiger partial charge >= 0.3 is 0 Å². The van der Waals surface area contributed by atoms with Crippen LogP contribution in [-0.2, 0) is 13.1 Å². The number of nitrogens with two attached hydrogens (primary N) is 1. The summed E-state index contributed by atoms with van der Waals surface area (Å²) in [5.41, 5.74) is 9.33. The van der Waals surface area contributed by atoms with Crippen molar-refractivity contribution in [3.8, 4) is 11.4 Å². The van der Waals surface area contributed by atoms with E-state index in [4.69, 9.17) is 5.73 Å². The molecule has 2 aromatic rings. The van der Waals surface area contributed by atoms with Gasteiger partial charge in [-0.1, -0.05) is 24.3 Å².